The summed E-state index contributed by atoms with van der Waals surface area (Å²) in [6, 6.07) is -0.123. The van der Waals surface area contributed by atoms with Gasteiger partial charge in [-0.2, -0.15) is 0 Å². The monoisotopic (exact) mass is 256 g/mol. The van der Waals surface area contributed by atoms with Gasteiger partial charge in [-0.05, 0) is 31.6 Å². The Kier molecular flexibility index (Phi) is 4.41. The van der Waals surface area contributed by atoms with E-state index in [2.05, 4.69) is 5.32 Å². The molecule has 2 fully saturated rings. The number of aliphatic carboxylic acids is 1. The van der Waals surface area contributed by atoms with Gasteiger partial charge in [0.15, 0.2) is 0 Å². The summed E-state index contributed by atoms with van der Waals surface area (Å²) in [7, 11) is 0. The number of amides is 2. The van der Waals surface area contributed by atoms with Gasteiger partial charge in [-0.1, -0.05) is 0 Å². The number of ether oxygens (including phenoxy) is 1. The molecule has 1 saturated carbocycles. The molecule has 1 aliphatic heterocycles. The van der Waals surface area contributed by atoms with Gasteiger partial charge in [-0.3, -0.25) is 4.79 Å². The van der Waals surface area contributed by atoms with Crippen molar-refractivity contribution in [2.24, 2.45) is 5.92 Å². The summed E-state index contributed by atoms with van der Waals surface area (Å²) in [6.45, 7) is 1.92. The third kappa shape index (κ3) is 3.87. The average Bonchev–Trinajstić information content (AvgIpc) is 3.18. The maximum Gasteiger partial charge on any atom is 0.323 e. The van der Waals surface area contributed by atoms with Gasteiger partial charge in [0.1, 0.15) is 6.54 Å². The average molecular weight is 256 g/mol. The lowest BCUT2D eigenvalue weighted by molar-refractivity contribution is -0.137. The number of urea groups is 1. The molecule has 0 unspecified atom stereocenters. The first-order valence-electron chi connectivity index (χ1n) is 6.51. The Morgan fingerprint density at radius 1 is 1.22 bits per heavy atom. The van der Waals surface area contributed by atoms with Crippen LogP contribution in [0.4, 0.5) is 4.79 Å². The van der Waals surface area contributed by atoms with Crippen LogP contribution in [-0.4, -0.2) is 54.4 Å². The van der Waals surface area contributed by atoms with Crippen molar-refractivity contribution in [2.75, 3.05) is 26.3 Å². The molecule has 1 aliphatic carbocycles. The van der Waals surface area contributed by atoms with Crippen molar-refractivity contribution in [3.05, 3.63) is 0 Å². The van der Waals surface area contributed by atoms with Gasteiger partial charge in [0.05, 0.1) is 0 Å². The van der Waals surface area contributed by atoms with Crippen LogP contribution in [-0.2, 0) is 9.53 Å². The van der Waals surface area contributed by atoms with Crippen LogP contribution in [0, 0.1) is 5.92 Å². The van der Waals surface area contributed by atoms with E-state index in [1.54, 1.807) is 0 Å². The number of rotatable bonds is 5. The summed E-state index contributed by atoms with van der Waals surface area (Å²) < 4.78 is 5.25. The molecule has 2 amide bonds. The molecule has 102 valence electrons. The predicted molar refractivity (Wildman–Crippen MR) is 64.3 cm³/mol. The molecule has 0 spiro atoms. The van der Waals surface area contributed by atoms with E-state index in [0.717, 1.165) is 38.9 Å². The second-order valence-electron chi connectivity index (χ2n) is 4.99. The molecular weight excluding hydrogens is 236 g/mol. The van der Waals surface area contributed by atoms with Crippen LogP contribution >= 0.6 is 0 Å². The standard InChI is InChI=1S/C12H20N2O4/c15-11(16)8-14(10-1-2-10)12(17)13-7-9-3-5-18-6-4-9/h9-10H,1-8H2,(H,13,17)(H,15,16). The van der Waals surface area contributed by atoms with Crippen molar-refractivity contribution in [2.45, 2.75) is 31.7 Å². The molecule has 0 atom stereocenters. The van der Waals surface area contributed by atoms with Gasteiger partial charge < -0.3 is 20.1 Å². The van der Waals surface area contributed by atoms with Crippen molar-refractivity contribution in [3.8, 4) is 0 Å². The molecule has 2 rings (SSSR count). The van der Waals surface area contributed by atoms with Crippen LogP contribution in [0.1, 0.15) is 25.7 Å². The van der Waals surface area contributed by atoms with Crippen molar-refractivity contribution in [1.29, 1.82) is 0 Å². The summed E-state index contributed by atoms with van der Waals surface area (Å²) in [5, 5.41) is 11.6. The van der Waals surface area contributed by atoms with Crippen molar-refractivity contribution in [3.63, 3.8) is 0 Å². The van der Waals surface area contributed by atoms with Gasteiger partial charge in [0.2, 0.25) is 0 Å². The fourth-order valence-corrected chi connectivity index (χ4v) is 2.18. The van der Waals surface area contributed by atoms with Crippen molar-refractivity contribution >= 4 is 12.0 Å². The van der Waals surface area contributed by atoms with Crippen LogP contribution in [0.5, 0.6) is 0 Å². The SMILES string of the molecule is O=C(O)CN(C(=O)NCC1CCOCC1)C1CC1. The highest BCUT2D eigenvalue weighted by Gasteiger charge is 2.34. The highest BCUT2D eigenvalue weighted by Crippen LogP contribution is 2.26. The van der Waals surface area contributed by atoms with Gasteiger partial charge in [0.25, 0.3) is 0 Å². The van der Waals surface area contributed by atoms with E-state index in [4.69, 9.17) is 9.84 Å². The summed E-state index contributed by atoms with van der Waals surface area (Å²) in [5.74, 6) is -0.503. The summed E-state index contributed by atoms with van der Waals surface area (Å²) in [6.07, 6.45) is 3.75. The van der Waals surface area contributed by atoms with Crippen molar-refractivity contribution < 1.29 is 19.4 Å². The molecule has 18 heavy (non-hydrogen) atoms. The van der Waals surface area contributed by atoms with E-state index in [1.807, 2.05) is 0 Å². The maximum atomic E-state index is 11.9. The molecule has 0 radical (unpaired) electrons. The molecule has 0 aromatic heterocycles. The summed E-state index contributed by atoms with van der Waals surface area (Å²) in [5.41, 5.74) is 0. The highest BCUT2D eigenvalue weighted by atomic mass is 16.5. The molecular formula is C12H20N2O4. The van der Waals surface area contributed by atoms with E-state index in [9.17, 15) is 9.59 Å². The third-order valence-corrected chi connectivity index (χ3v) is 3.44. The Morgan fingerprint density at radius 3 is 2.44 bits per heavy atom. The zero-order chi connectivity index (χ0) is 13.0. The molecule has 6 nitrogen and oxygen atoms in total. The Hall–Kier alpha value is -1.30. The molecule has 6 heteroatoms. The number of carboxylic acid groups (broad SMARTS) is 1. The summed E-state index contributed by atoms with van der Waals surface area (Å²) >= 11 is 0. The van der Waals surface area contributed by atoms with E-state index in [0.29, 0.717) is 12.5 Å². The van der Waals surface area contributed by atoms with Gasteiger partial charge in [-0.15, -0.1) is 0 Å². The Balaban J connectivity index is 1.75. The number of carbonyl (C=O) groups is 2. The first kappa shape index (κ1) is 13.1. The Morgan fingerprint density at radius 2 is 1.89 bits per heavy atom. The van der Waals surface area contributed by atoms with Gasteiger partial charge in [-0.25, -0.2) is 4.79 Å². The number of hydrogen-bond donors (Lipinski definition) is 2. The van der Waals surface area contributed by atoms with Crippen LogP contribution in [0.15, 0.2) is 0 Å². The lowest BCUT2D eigenvalue weighted by atomic mass is 10.0. The fourth-order valence-electron chi connectivity index (χ4n) is 2.18. The van der Waals surface area contributed by atoms with Crippen molar-refractivity contribution in [1.82, 2.24) is 10.2 Å². The zero-order valence-corrected chi connectivity index (χ0v) is 10.4. The first-order valence-corrected chi connectivity index (χ1v) is 6.51. The van der Waals surface area contributed by atoms with Gasteiger partial charge in [0, 0.05) is 25.8 Å². The minimum atomic E-state index is -0.955. The summed E-state index contributed by atoms with van der Waals surface area (Å²) in [4.78, 5) is 24.1. The Bertz CT molecular complexity index is 311. The highest BCUT2D eigenvalue weighted by molar-refractivity contribution is 5.80. The van der Waals surface area contributed by atoms with E-state index in [-0.39, 0.29) is 18.6 Å². The first-order chi connectivity index (χ1) is 8.66. The number of carboxylic acids is 1. The quantitative estimate of drug-likeness (QED) is 0.758. The minimum Gasteiger partial charge on any atom is -0.480 e. The molecule has 0 bridgehead atoms. The third-order valence-electron chi connectivity index (χ3n) is 3.44. The van der Waals surface area contributed by atoms with Crippen LogP contribution < -0.4 is 5.32 Å². The minimum absolute atomic E-state index is 0.121. The lowest BCUT2D eigenvalue weighted by Crippen LogP contribution is -2.45. The molecule has 1 heterocycles. The second-order valence-corrected chi connectivity index (χ2v) is 4.99. The zero-order valence-electron chi connectivity index (χ0n) is 10.4. The van der Waals surface area contributed by atoms with E-state index < -0.39 is 5.97 Å². The van der Waals surface area contributed by atoms with E-state index in [1.165, 1.54) is 4.90 Å². The normalized spacial score (nSPS) is 20.4. The predicted octanol–water partition coefficient (Wildman–Crippen LogP) is 0.672. The molecule has 2 N–H and O–H groups in total. The second kappa shape index (κ2) is 6.04. The van der Waals surface area contributed by atoms with Gasteiger partial charge >= 0.3 is 12.0 Å². The molecule has 2 aliphatic rings. The largest absolute Gasteiger partial charge is 0.480 e. The Labute approximate surface area is 106 Å². The smallest absolute Gasteiger partial charge is 0.323 e. The van der Waals surface area contributed by atoms with E-state index >= 15 is 0 Å². The molecule has 0 aromatic rings. The molecule has 0 aromatic carbocycles. The molecule has 1 saturated heterocycles. The number of nitrogens with one attached hydrogen (secondary N) is 1. The van der Waals surface area contributed by atoms with Crippen LogP contribution in [0.2, 0.25) is 0 Å². The lowest BCUT2D eigenvalue weighted by Gasteiger charge is -2.25. The number of hydrogen-bond acceptors (Lipinski definition) is 3. The topological polar surface area (TPSA) is 78.9 Å². The number of carbonyl (C=O) groups excluding carboxylic acids is 1. The van der Waals surface area contributed by atoms with Crippen LogP contribution in [0.3, 0.4) is 0 Å². The number of nitrogens with zero attached hydrogens (tertiary/aromatic N) is 1. The fraction of sp³-hybridized carbons (Fsp3) is 0.833. The maximum absolute atomic E-state index is 11.9. The van der Waals surface area contributed by atoms with Crippen LogP contribution in [0.25, 0.3) is 0 Å².